The maximum absolute atomic E-state index is 6.42. The summed E-state index contributed by atoms with van der Waals surface area (Å²) in [5, 5.41) is 0. The molecule has 0 spiro atoms. The highest BCUT2D eigenvalue weighted by Crippen LogP contribution is 2.33. The van der Waals surface area contributed by atoms with E-state index in [-0.39, 0.29) is 6.04 Å². The summed E-state index contributed by atoms with van der Waals surface area (Å²) in [6.45, 7) is 0.788. The van der Waals surface area contributed by atoms with Crippen molar-refractivity contribution in [3.8, 4) is 11.5 Å². The molecule has 0 bridgehead atoms. The molecule has 1 aliphatic heterocycles. The van der Waals surface area contributed by atoms with Gasteiger partial charge in [0, 0.05) is 11.6 Å². The summed E-state index contributed by atoms with van der Waals surface area (Å²) < 4.78 is 11.1. The van der Waals surface area contributed by atoms with Crippen molar-refractivity contribution in [1.29, 1.82) is 0 Å². The first-order valence-electron chi connectivity index (χ1n) is 7.41. The highest BCUT2D eigenvalue weighted by atomic mass is 16.5. The van der Waals surface area contributed by atoms with E-state index in [0.29, 0.717) is 0 Å². The Morgan fingerprint density at radius 1 is 1.24 bits per heavy atom. The van der Waals surface area contributed by atoms with E-state index in [2.05, 4.69) is 24.3 Å². The average molecular weight is 283 g/mol. The van der Waals surface area contributed by atoms with Crippen LogP contribution in [0.5, 0.6) is 11.5 Å². The predicted molar refractivity (Wildman–Crippen MR) is 83.9 cm³/mol. The van der Waals surface area contributed by atoms with Crippen molar-refractivity contribution in [3.05, 3.63) is 59.2 Å². The van der Waals surface area contributed by atoms with Crippen molar-refractivity contribution in [2.24, 2.45) is 5.73 Å². The van der Waals surface area contributed by atoms with Gasteiger partial charge in [0.25, 0.3) is 0 Å². The minimum atomic E-state index is -0.0647. The molecule has 0 aromatic heterocycles. The van der Waals surface area contributed by atoms with Gasteiger partial charge < -0.3 is 15.2 Å². The summed E-state index contributed by atoms with van der Waals surface area (Å²) in [4.78, 5) is 0. The number of fused-ring (bicyclic) bond motifs is 1. The van der Waals surface area contributed by atoms with Crippen molar-refractivity contribution in [3.63, 3.8) is 0 Å². The summed E-state index contributed by atoms with van der Waals surface area (Å²) in [5.74, 6) is 1.87. The SMILES string of the molecule is COc1cccc(CC(N)c2cccc3c2OCCC3)c1. The molecule has 3 nitrogen and oxygen atoms in total. The average Bonchev–Trinajstić information content (AvgIpc) is 2.54. The van der Waals surface area contributed by atoms with Crippen LogP contribution in [0.1, 0.15) is 29.2 Å². The van der Waals surface area contributed by atoms with Gasteiger partial charge in [-0.05, 0) is 42.5 Å². The molecule has 1 aliphatic rings. The Morgan fingerprint density at radius 2 is 2.10 bits per heavy atom. The highest BCUT2D eigenvalue weighted by molar-refractivity contribution is 5.45. The fourth-order valence-corrected chi connectivity index (χ4v) is 2.87. The third-order valence-electron chi connectivity index (χ3n) is 3.95. The van der Waals surface area contributed by atoms with Crippen molar-refractivity contribution in [2.75, 3.05) is 13.7 Å². The summed E-state index contributed by atoms with van der Waals surface area (Å²) in [6, 6.07) is 14.3. The summed E-state index contributed by atoms with van der Waals surface area (Å²) in [6.07, 6.45) is 2.94. The molecule has 0 aliphatic carbocycles. The van der Waals surface area contributed by atoms with Crippen LogP contribution in [0.2, 0.25) is 0 Å². The second kappa shape index (κ2) is 6.19. The molecule has 1 unspecified atom stereocenters. The van der Waals surface area contributed by atoms with Crippen LogP contribution >= 0.6 is 0 Å². The molecule has 21 heavy (non-hydrogen) atoms. The zero-order valence-corrected chi connectivity index (χ0v) is 12.3. The minimum absolute atomic E-state index is 0.0647. The number of benzene rings is 2. The Balaban J connectivity index is 1.83. The number of nitrogens with two attached hydrogens (primary N) is 1. The number of ether oxygens (including phenoxy) is 2. The largest absolute Gasteiger partial charge is 0.497 e. The number of rotatable bonds is 4. The molecule has 0 saturated heterocycles. The topological polar surface area (TPSA) is 44.5 Å². The van der Waals surface area contributed by atoms with Gasteiger partial charge in [-0.3, -0.25) is 0 Å². The van der Waals surface area contributed by atoms with E-state index in [1.165, 1.54) is 11.1 Å². The molecule has 1 heterocycles. The molecule has 0 amide bonds. The summed E-state index contributed by atoms with van der Waals surface area (Å²) >= 11 is 0. The van der Waals surface area contributed by atoms with Crippen LogP contribution < -0.4 is 15.2 Å². The Hall–Kier alpha value is -2.00. The molecule has 2 aromatic rings. The van der Waals surface area contributed by atoms with Crippen LogP contribution in [0.25, 0.3) is 0 Å². The predicted octanol–water partition coefficient (Wildman–Crippen LogP) is 3.26. The maximum atomic E-state index is 6.42. The van der Waals surface area contributed by atoms with Crippen LogP contribution in [0, 0.1) is 0 Å². The van der Waals surface area contributed by atoms with Crippen molar-refractivity contribution in [1.82, 2.24) is 0 Å². The number of hydrogen-bond donors (Lipinski definition) is 1. The van der Waals surface area contributed by atoms with Gasteiger partial charge in [0.1, 0.15) is 11.5 Å². The van der Waals surface area contributed by atoms with Crippen LogP contribution in [-0.2, 0) is 12.8 Å². The second-order valence-corrected chi connectivity index (χ2v) is 5.45. The lowest BCUT2D eigenvalue weighted by Gasteiger charge is -2.23. The Morgan fingerprint density at radius 3 is 2.95 bits per heavy atom. The minimum Gasteiger partial charge on any atom is -0.497 e. The monoisotopic (exact) mass is 283 g/mol. The van der Waals surface area contributed by atoms with Crippen molar-refractivity contribution in [2.45, 2.75) is 25.3 Å². The molecule has 110 valence electrons. The van der Waals surface area contributed by atoms with Crippen LogP contribution in [-0.4, -0.2) is 13.7 Å². The summed E-state index contributed by atoms with van der Waals surface area (Å²) in [5.41, 5.74) is 9.98. The number of hydrogen-bond acceptors (Lipinski definition) is 3. The first-order chi connectivity index (χ1) is 10.3. The van der Waals surface area contributed by atoms with Gasteiger partial charge >= 0.3 is 0 Å². The zero-order valence-electron chi connectivity index (χ0n) is 12.3. The smallest absolute Gasteiger partial charge is 0.127 e. The van der Waals surface area contributed by atoms with Gasteiger partial charge in [0.15, 0.2) is 0 Å². The van der Waals surface area contributed by atoms with Crippen molar-refractivity contribution >= 4 is 0 Å². The molecule has 0 radical (unpaired) electrons. The standard InChI is InChI=1S/C18H21NO2/c1-20-15-8-2-5-13(11-15)12-17(19)16-9-3-6-14-7-4-10-21-18(14)16/h2-3,5-6,8-9,11,17H,4,7,10,12,19H2,1H3. The van der Waals surface area contributed by atoms with Gasteiger partial charge in [0.2, 0.25) is 0 Å². The Labute approximate surface area is 125 Å². The van der Waals surface area contributed by atoms with Gasteiger partial charge in [0.05, 0.1) is 13.7 Å². The molecule has 3 rings (SSSR count). The Kier molecular flexibility index (Phi) is 4.11. The van der Waals surface area contributed by atoms with Crippen LogP contribution in [0.3, 0.4) is 0 Å². The Bertz CT molecular complexity index is 624. The van der Waals surface area contributed by atoms with E-state index < -0.39 is 0 Å². The second-order valence-electron chi connectivity index (χ2n) is 5.45. The molecule has 0 fully saturated rings. The van der Waals surface area contributed by atoms with E-state index in [9.17, 15) is 0 Å². The molecule has 3 heteroatoms. The van der Waals surface area contributed by atoms with E-state index in [1.54, 1.807) is 7.11 Å². The molecule has 1 atom stereocenters. The lowest BCUT2D eigenvalue weighted by molar-refractivity contribution is 0.283. The lowest BCUT2D eigenvalue weighted by atomic mass is 9.94. The number of para-hydroxylation sites is 1. The molecular weight excluding hydrogens is 262 g/mol. The van der Waals surface area contributed by atoms with Crippen molar-refractivity contribution < 1.29 is 9.47 Å². The highest BCUT2D eigenvalue weighted by Gasteiger charge is 2.18. The van der Waals surface area contributed by atoms with Crippen LogP contribution in [0.15, 0.2) is 42.5 Å². The first kappa shape index (κ1) is 14.0. The fourth-order valence-electron chi connectivity index (χ4n) is 2.87. The van der Waals surface area contributed by atoms with Gasteiger partial charge in [-0.15, -0.1) is 0 Å². The summed E-state index contributed by atoms with van der Waals surface area (Å²) in [7, 11) is 1.68. The van der Waals surface area contributed by atoms with E-state index >= 15 is 0 Å². The molecular formula is C18H21NO2. The number of methoxy groups -OCH3 is 1. The molecule has 0 saturated carbocycles. The van der Waals surface area contributed by atoms with E-state index in [1.807, 2.05) is 18.2 Å². The van der Waals surface area contributed by atoms with Gasteiger partial charge in [-0.1, -0.05) is 30.3 Å². The maximum Gasteiger partial charge on any atom is 0.127 e. The van der Waals surface area contributed by atoms with Gasteiger partial charge in [-0.2, -0.15) is 0 Å². The first-order valence-corrected chi connectivity index (χ1v) is 7.41. The van der Waals surface area contributed by atoms with Crippen LogP contribution in [0.4, 0.5) is 0 Å². The molecule has 2 N–H and O–H groups in total. The zero-order chi connectivity index (χ0) is 14.7. The third kappa shape index (κ3) is 3.03. The number of aryl methyl sites for hydroxylation is 1. The van der Waals surface area contributed by atoms with E-state index in [4.69, 9.17) is 15.2 Å². The van der Waals surface area contributed by atoms with Gasteiger partial charge in [-0.25, -0.2) is 0 Å². The normalized spacial score (nSPS) is 15.0. The third-order valence-corrected chi connectivity index (χ3v) is 3.95. The van der Waals surface area contributed by atoms with E-state index in [0.717, 1.165) is 42.9 Å². The quantitative estimate of drug-likeness (QED) is 0.936. The fraction of sp³-hybridized carbons (Fsp3) is 0.333. The lowest BCUT2D eigenvalue weighted by Crippen LogP contribution is -2.18. The molecule has 2 aromatic carbocycles.